The van der Waals surface area contributed by atoms with E-state index in [4.69, 9.17) is 0 Å². The summed E-state index contributed by atoms with van der Waals surface area (Å²) in [5, 5.41) is 13.2. The molecule has 1 atom stereocenters. The van der Waals surface area contributed by atoms with Gasteiger partial charge < -0.3 is 10.4 Å². The first-order chi connectivity index (χ1) is 7.57. The topological polar surface area (TPSA) is 49.3 Å². The van der Waals surface area contributed by atoms with Crippen molar-refractivity contribution in [1.82, 2.24) is 5.32 Å². The molecule has 2 N–H and O–H groups in total. The molecule has 0 aromatic carbocycles. The molecule has 1 fully saturated rings. The Morgan fingerprint density at radius 1 is 1.38 bits per heavy atom. The smallest absolute Gasteiger partial charge is 0.233 e. The monoisotopic (exact) mass is 291 g/mol. The van der Waals surface area contributed by atoms with Gasteiger partial charge in [-0.2, -0.15) is 0 Å². The van der Waals surface area contributed by atoms with Gasteiger partial charge in [0.05, 0.1) is 10.4 Å². The molecule has 0 aliphatic heterocycles. The highest BCUT2D eigenvalue weighted by molar-refractivity contribution is 9.10. The van der Waals surface area contributed by atoms with E-state index >= 15 is 0 Å². The molecule has 1 amide bonds. The van der Waals surface area contributed by atoms with Crippen molar-refractivity contribution in [2.45, 2.75) is 62.3 Å². The first kappa shape index (κ1) is 14.0. The van der Waals surface area contributed by atoms with Gasteiger partial charge in [0.2, 0.25) is 5.91 Å². The number of halogens is 1. The lowest BCUT2D eigenvalue weighted by molar-refractivity contribution is -0.121. The summed E-state index contributed by atoms with van der Waals surface area (Å²) in [6.07, 6.45) is 6.93. The van der Waals surface area contributed by atoms with Gasteiger partial charge >= 0.3 is 0 Å². The molecule has 0 heterocycles. The second-order valence-corrected chi connectivity index (χ2v) is 5.84. The molecule has 1 unspecified atom stereocenters. The number of nitrogens with one attached hydrogen (secondary N) is 1. The number of hydrogen-bond donors (Lipinski definition) is 2. The second kappa shape index (κ2) is 6.60. The summed E-state index contributed by atoms with van der Waals surface area (Å²) >= 11 is 3.31. The SMILES string of the molecule is CCC(Br)C(=O)NCC1(O)CCCCCC1. The van der Waals surface area contributed by atoms with Crippen molar-refractivity contribution in [3.05, 3.63) is 0 Å². The Hall–Kier alpha value is -0.0900. The number of hydrogen-bond acceptors (Lipinski definition) is 2. The third-order valence-corrected chi connectivity index (χ3v) is 4.33. The summed E-state index contributed by atoms with van der Waals surface area (Å²) < 4.78 is 0. The molecule has 0 bridgehead atoms. The second-order valence-electron chi connectivity index (χ2n) is 4.73. The molecule has 94 valence electrons. The van der Waals surface area contributed by atoms with E-state index in [1.165, 1.54) is 12.8 Å². The van der Waals surface area contributed by atoms with E-state index in [0.29, 0.717) is 6.54 Å². The molecule has 0 spiro atoms. The van der Waals surface area contributed by atoms with Crippen molar-refractivity contribution in [2.75, 3.05) is 6.54 Å². The van der Waals surface area contributed by atoms with Gasteiger partial charge in [-0.15, -0.1) is 0 Å². The summed E-state index contributed by atoms with van der Waals surface area (Å²) in [7, 11) is 0. The zero-order valence-electron chi connectivity index (χ0n) is 9.97. The van der Waals surface area contributed by atoms with Crippen LogP contribution < -0.4 is 5.32 Å². The van der Waals surface area contributed by atoms with E-state index < -0.39 is 5.60 Å². The van der Waals surface area contributed by atoms with Crippen LogP contribution in [-0.4, -0.2) is 28.0 Å². The van der Waals surface area contributed by atoms with E-state index in [1.54, 1.807) is 0 Å². The van der Waals surface area contributed by atoms with Crippen LogP contribution in [0.4, 0.5) is 0 Å². The summed E-state index contributed by atoms with van der Waals surface area (Å²) in [6.45, 7) is 2.35. The lowest BCUT2D eigenvalue weighted by Gasteiger charge is -2.27. The average Bonchev–Trinajstić information content (AvgIpc) is 2.50. The zero-order valence-corrected chi connectivity index (χ0v) is 11.6. The van der Waals surface area contributed by atoms with E-state index in [0.717, 1.165) is 32.1 Å². The highest BCUT2D eigenvalue weighted by atomic mass is 79.9. The molecule has 0 aromatic heterocycles. The molecule has 1 aliphatic carbocycles. The van der Waals surface area contributed by atoms with E-state index in [2.05, 4.69) is 21.2 Å². The van der Waals surface area contributed by atoms with Crippen molar-refractivity contribution in [3.8, 4) is 0 Å². The quantitative estimate of drug-likeness (QED) is 0.617. The Morgan fingerprint density at radius 2 is 1.94 bits per heavy atom. The highest BCUT2D eigenvalue weighted by Gasteiger charge is 2.28. The van der Waals surface area contributed by atoms with Crippen LogP contribution in [0.2, 0.25) is 0 Å². The Kier molecular flexibility index (Phi) is 5.76. The van der Waals surface area contributed by atoms with Crippen LogP contribution in [-0.2, 0) is 4.79 Å². The van der Waals surface area contributed by atoms with Crippen LogP contribution in [0.5, 0.6) is 0 Å². The number of carbonyl (C=O) groups is 1. The van der Waals surface area contributed by atoms with Gasteiger partial charge in [0, 0.05) is 6.54 Å². The minimum atomic E-state index is -0.674. The molecule has 1 aliphatic rings. The number of rotatable bonds is 4. The van der Waals surface area contributed by atoms with Crippen LogP contribution in [0.3, 0.4) is 0 Å². The average molecular weight is 292 g/mol. The van der Waals surface area contributed by atoms with Crippen LogP contribution in [0.15, 0.2) is 0 Å². The fourth-order valence-electron chi connectivity index (χ4n) is 2.11. The maximum atomic E-state index is 11.6. The van der Waals surface area contributed by atoms with Crippen molar-refractivity contribution in [1.29, 1.82) is 0 Å². The number of carbonyl (C=O) groups excluding carboxylic acids is 1. The van der Waals surface area contributed by atoms with Crippen LogP contribution in [0.1, 0.15) is 51.9 Å². The highest BCUT2D eigenvalue weighted by Crippen LogP contribution is 2.26. The van der Waals surface area contributed by atoms with Gasteiger partial charge in [-0.3, -0.25) is 4.79 Å². The van der Waals surface area contributed by atoms with Crippen molar-refractivity contribution < 1.29 is 9.90 Å². The summed E-state index contributed by atoms with van der Waals surface area (Å²) in [4.78, 5) is 11.4. The maximum absolute atomic E-state index is 11.6. The fourth-order valence-corrected chi connectivity index (χ4v) is 2.27. The lowest BCUT2D eigenvalue weighted by Crippen LogP contribution is -2.44. The maximum Gasteiger partial charge on any atom is 0.233 e. The van der Waals surface area contributed by atoms with E-state index in [9.17, 15) is 9.90 Å². The Balaban J connectivity index is 2.37. The molecule has 0 saturated heterocycles. The molecule has 1 saturated carbocycles. The van der Waals surface area contributed by atoms with Crippen molar-refractivity contribution >= 4 is 21.8 Å². The zero-order chi connectivity index (χ0) is 12.0. The Labute approximate surface area is 106 Å². The third-order valence-electron chi connectivity index (χ3n) is 3.27. The van der Waals surface area contributed by atoms with Crippen LogP contribution >= 0.6 is 15.9 Å². The molecule has 16 heavy (non-hydrogen) atoms. The molecule has 0 radical (unpaired) electrons. The Morgan fingerprint density at radius 3 is 2.44 bits per heavy atom. The third kappa shape index (κ3) is 4.42. The first-order valence-corrected chi connectivity index (χ1v) is 7.13. The molecular weight excluding hydrogens is 270 g/mol. The number of aliphatic hydroxyl groups is 1. The largest absolute Gasteiger partial charge is 0.388 e. The van der Waals surface area contributed by atoms with Gasteiger partial charge in [0.1, 0.15) is 0 Å². The van der Waals surface area contributed by atoms with Gasteiger partial charge in [-0.05, 0) is 19.3 Å². The van der Waals surface area contributed by atoms with Crippen molar-refractivity contribution in [3.63, 3.8) is 0 Å². The van der Waals surface area contributed by atoms with Gasteiger partial charge in [0.15, 0.2) is 0 Å². The van der Waals surface area contributed by atoms with Crippen LogP contribution in [0.25, 0.3) is 0 Å². The minimum absolute atomic E-state index is 0.0137. The number of amides is 1. The molecule has 3 nitrogen and oxygen atoms in total. The predicted octanol–water partition coefficient (Wildman–Crippen LogP) is 2.36. The molecule has 4 heteroatoms. The van der Waals surface area contributed by atoms with Crippen molar-refractivity contribution in [2.24, 2.45) is 0 Å². The fraction of sp³-hybridized carbons (Fsp3) is 0.917. The van der Waals surface area contributed by atoms with E-state index in [-0.39, 0.29) is 10.7 Å². The van der Waals surface area contributed by atoms with Gasteiger partial charge in [-0.25, -0.2) is 0 Å². The number of alkyl halides is 1. The normalized spacial score (nSPS) is 22.2. The van der Waals surface area contributed by atoms with Gasteiger partial charge in [-0.1, -0.05) is 48.5 Å². The Bertz CT molecular complexity index is 225. The standard InChI is InChI=1S/C12H22BrNO2/c1-2-10(13)11(15)14-9-12(16)7-5-3-4-6-8-12/h10,16H,2-9H2,1H3,(H,14,15). The summed E-state index contributed by atoms with van der Waals surface area (Å²) in [5.74, 6) is -0.0137. The first-order valence-electron chi connectivity index (χ1n) is 6.21. The summed E-state index contributed by atoms with van der Waals surface area (Å²) in [6, 6.07) is 0. The molecular formula is C12H22BrNO2. The summed E-state index contributed by atoms with van der Waals surface area (Å²) in [5.41, 5.74) is -0.674. The minimum Gasteiger partial charge on any atom is -0.388 e. The van der Waals surface area contributed by atoms with E-state index in [1.807, 2.05) is 6.92 Å². The molecule has 0 aromatic rings. The van der Waals surface area contributed by atoms with Crippen LogP contribution in [0, 0.1) is 0 Å². The predicted molar refractivity (Wildman–Crippen MR) is 68.7 cm³/mol. The lowest BCUT2D eigenvalue weighted by atomic mass is 9.94. The van der Waals surface area contributed by atoms with Gasteiger partial charge in [0.25, 0.3) is 0 Å². The molecule has 1 rings (SSSR count).